The molecule has 2 aliphatic rings. The van der Waals surface area contributed by atoms with Gasteiger partial charge in [0.15, 0.2) is 5.78 Å². The maximum atomic E-state index is 14.5. The van der Waals surface area contributed by atoms with E-state index in [1.165, 1.54) is 16.6 Å². The minimum atomic E-state index is -0.711. The summed E-state index contributed by atoms with van der Waals surface area (Å²) in [6.45, 7) is 0. The van der Waals surface area contributed by atoms with Gasteiger partial charge in [0.25, 0.3) is 0 Å². The summed E-state index contributed by atoms with van der Waals surface area (Å²) in [4.78, 5) is 19.3. The summed E-state index contributed by atoms with van der Waals surface area (Å²) in [5, 5.41) is 1.22. The van der Waals surface area contributed by atoms with Crippen molar-refractivity contribution in [1.82, 2.24) is 4.57 Å². The lowest BCUT2D eigenvalue weighted by atomic mass is 9.59. The quantitative estimate of drug-likeness (QED) is 0.137. The number of hydrogen-bond acceptors (Lipinski definition) is 3. The van der Waals surface area contributed by atoms with Crippen LogP contribution >= 0.6 is 0 Å². The largest absolute Gasteiger partial charge is 0.334 e. The summed E-state index contributed by atoms with van der Waals surface area (Å²) in [6, 6.07) is 94.7. The maximum Gasteiger partial charge on any atom is 0.193 e. The number of hydrogen-bond donors (Lipinski definition) is 0. The van der Waals surface area contributed by atoms with Crippen LogP contribution in [0.3, 0.4) is 0 Å². The van der Waals surface area contributed by atoms with E-state index in [1.54, 1.807) is 0 Å². The third kappa shape index (κ3) is 7.10. The summed E-state index contributed by atoms with van der Waals surface area (Å²) < 4.78 is 2.44. The van der Waals surface area contributed by atoms with Gasteiger partial charge in [-0.25, -0.2) is 0 Å². The van der Waals surface area contributed by atoms with Crippen LogP contribution in [0, 0.1) is 0 Å². The number of ketones is 1. The van der Waals surface area contributed by atoms with Crippen molar-refractivity contribution in [2.75, 3.05) is 9.80 Å². The van der Waals surface area contributed by atoms with Gasteiger partial charge in [0, 0.05) is 56.3 Å². The van der Waals surface area contributed by atoms with Gasteiger partial charge in [0.05, 0.1) is 17.0 Å². The van der Waals surface area contributed by atoms with Crippen molar-refractivity contribution in [2.24, 2.45) is 0 Å². The number of rotatable bonds is 10. The molecule has 11 aromatic rings. The van der Waals surface area contributed by atoms with Crippen molar-refractivity contribution < 1.29 is 4.79 Å². The van der Waals surface area contributed by atoms with Gasteiger partial charge >= 0.3 is 0 Å². The fourth-order valence-electron chi connectivity index (χ4n) is 11.6. The van der Waals surface area contributed by atoms with Crippen molar-refractivity contribution in [1.29, 1.82) is 0 Å². The summed E-state index contributed by atoms with van der Waals surface area (Å²) in [6.07, 6.45) is 5.53. The Kier molecular flexibility index (Phi) is 10.7. The van der Waals surface area contributed by atoms with Gasteiger partial charge in [-0.1, -0.05) is 188 Å². The van der Waals surface area contributed by atoms with Crippen molar-refractivity contribution >= 4 is 51.2 Å². The molecule has 0 saturated carbocycles. The summed E-state index contributed by atoms with van der Waals surface area (Å²) in [7, 11) is 0. The van der Waals surface area contributed by atoms with Crippen molar-refractivity contribution in [2.45, 2.75) is 17.9 Å². The zero-order chi connectivity index (χ0) is 48.0. The van der Waals surface area contributed by atoms with Gasteiger partial charge in [-0.15, -0.1) is 0 Å². The van der Waals surface area contributed by atoms with Gasteiger partial charge in [-0.3, -0.25) is 4.79 Å². The summed E-state index contributed by atoms with van der Waals surface area (Å²) in [5.41, 5.74) is 17.5. The van der Waals surface area contributed by atoms with Crippen LogP contribution in [0.2, 0.25) is 0 Å². The smallest absolute Gasteiger partial charge is 0.193 e. The third-order valence-corrected chi connectivity index (χ3v) is 14.8. The Morgan fingerprint density at radius 3 is 1.51 bits per heavy atom. The molecule has 0 spiro atoms. The second kappa shape index (κ2) is 17.9. The molecule has 1 unspecified atom stereocenters. The molecule has 0 radical (unpaired) electrons. The fraction of sp³-hybridized carbons (Fsp3) is 0.0441. The molecule has 1 atom stereocenters. The van der Waals surface area contributed by atoms with E-state index in [0.717, 1.165) is 90.6 Å². The Morgan fingerprint density at radius 1 is 0.431 bits per heavy atom. The molecule has 0 aliphatic heterocycles. The van der Waals surface area contributed by atoms with E-state index in [2.05, 4.69) is 281 Å². The molecule has 4 nitrogen and oxygen atoms in total. The SMILES string of the molecule is O=C1c2ccccc2C(c2ccccc2)(c2ccccc2)c2cc(-c3ccc(-n4c5c(c6cc(N(c7ccccc7)c7ccccc7)ccc64)CC(N(c4ccccc4)c4ccccc4)C=C5)cc3)ccc21. The number of aromatic nitrogens is 1. The van der Waals surface area contributed by atoms with E-state index in [0.29, 0.717) is 0 Å². The number of nitrogens with zero attached hydrogens (tertiary/aromatic N) is 3. The van der Waals surface area contributed by atoms with Crippen LogP contribution in [0.25, 0.3) is 33.8 Å². The standard InChI is InChI=1S/C68H49N3O/c72-67-59-33-19-20-34-63(59)68(50-21-7-1-8-22-50,51-23-9-2-10-24-51)64-45-49(37-42-60(64)67)48-35-38-56(39-36-48)71-65-43-40-57(69(52-25-11-3-12-26-52)53-27-13-4-14-28-53)46-61(65)62-47-58(41-44-66(62)71)70(54-29-15-5-16-30-54)55-31-17-6-18-32-55/h1-46,58H,47H2. The minimum Gasteiger partial charge on any atom is -0.334 e. The molecule has 0 bridgehead atoms. The Hall–Kier alpha value is -9.25. The predicted octanol–water partition coefficient (Wildman–Crippen LogP) is 16.5. The monoisotopic (exact) mass is 923 g/mol. The lowest BCUT2D eigenvalue weighted by Gasteiger charge is -2.42. The van der Waals surface area contributed by atoms with E-state index in [1.807, 2.05) is 12.1 Å². The van der Waals surface area contributed by atoms with Crippen LogP contribution in [0.1, 0.15) is 49.4 Å². The second-order valence-electron chi connectivity index (χ2n) is 18.7. The highest BCUT2D eigenvalue weighted by atomic mass is 16.1. The Balaban J connectivity index is 0.959. The number of benzene rings is 10. The average Bonchev–Trinajstić information content (AvgIpc) is 3.78. The van der Waals surface area contributed by atoms with Crippen LogP contribution in [0.15, 0.2) is 273 Å². The molecule has 1 heterocycles. The topological polar surface area (TPSA) is 28.5 Å². The van der Waals surface area contributed by atoms with Gasteiger partial charge < -0.3 is 14.4 Å². The van der Waals surface area contributed by atoms with Gasteiger partial charge in [0.2, 0.25) is 0 Å². The first-order valence-corrected chi connectivity index (χ1v) is 24.8. The van der Waals surface area contributed by atoms with Gasteiger partial charge in [-0.2, -0.15) is 0 Å². The van der Waals surface area contributed by atoms with Crippen LogP contribution in [0.4, 0.5) is 28.4 Å². The first-order valence-electron chi connectivity index (χ1n) is 24.8. The predicted molar refractivity (Wildman–Crippen MR) is 297 cm³/mol. The summed E-state index contributed by atoms with van der Waals surface area (Å²) >= 11 is 0. The van der Waals surface area contributed by atoms with E-state index in [9.17, 15) is 4.79 Å². The molecular formula is C68H49N3O. The van der Waals surface area contributed by atoms with Crippen LogP contribution in [-0.2, 0) is 11.8 Å². The minimum absolute atomic E-state index is 0.0546. The van der Waals surface area contributed by atoms with Gasteiger partial charge in [-0.05, 0) is 136 Å². The first-order chi connectivity index (χ1) is 35.6. The van der Waals surface area contributed by atoms with Crippen LogP contribution < -0.4 is 9.80 Å². The average molecular weight is 924 g/mol. The third-order valence-electron chi connectivity index (χ3n) is 14.8. The number of carbonyl (C=O) groups excluding carboxylic acids is 1. The maximum absolute atomic E-state index is 14.5. The molecule has 0 N–H and O–H groups in total. The number of para-hydroxylation sites is 4. The first kappa shape index (κ1) is 42.8. The highest BCUT2D eigenvalue weighted by Gasteiger charge is 2.46. The summed E-state index contributed by atoms with van der Waals surface area (Å²) in [5.74, 6) is 0.0546. The lowest BCUT2D eigenvalue weighted by molar-refractivity contribution is 0.103. The molecular weight excluding hydrogens is 875 g/mol. The van der Waals surface area contributed by atoms with Crippen LogP contribution in [-0.4, -0.2) is 16.4 Å². The lowest BCUT2D eigenvalue weighted by Crippen LogP contribution is -2.38. The fourth-order valence-corrected chi connectivity index (χ4v) is 11.6. The zero-order valence-electron chi connectivity index (χ0n) is 39.6. The van der Waals surface area contributed by atoms with E-state index < -0.39 is 5.41 Å². The molecule has 10 aromatic carbocycles. The number of fused-ring (bicyclic) bond motifs is 5. The zero-order valence-corrected chi connectivity index (χ0v) is 39.6. The molecule has 0 saturated heterocycles. The van der Waals surface area contributed by atoms with E-state index in [-0.39, 0.29) is 11.8 Å². The number of anilines is 5. The van der Waals surface area contributed by atoms with Crippen molar-refractivity contribution in [3.05, 3.63) is 318 Å². The van der Waals surface area contributed by atoms with Crippen molar-refractivity contribution in [3.63, 3.8) is 0 Å². The van der Waals surface area contributed by atoms with Crippen molar-refractivity contribution in [3.8, 4) is 16.8 Å². The van der Waals surface area contributed by atoms with E-state index >= 15 is 0 Å². The second-order valence-corrected chi connectivity index (χ2v) is 18.7. The highest BCUT2D eigenvalue weighted by Crippen LogP contribution is 2.52. The molecule has 4 heteroatoms. The molecule has 72 heavy (non-hydrogen) atoms. The molecule has 1 aromatic heterocycles. The molecule has 0 fully saturated rings. The normalized spacial score (nSPS) is 14.3. The molecule has 2 aliphatic carbocycles. The molecule has 0 amide bonds. The molecule has 13 rings (SSSR count). The Bertz CT molecular complexity index is 3660. The number of carbonyl (C=O) groups is 1. The van der Waals surface area contributed by atoms with E-state index in [4.69, 9.17) is 0 Å². The molecule has 342 valence electrons. The van der Waals surface area contributed by atoms with Gasteiger partial charge in [0.1, 0.15) is 0 Å². The Labute approximate surface area is 420 Å². The van der Waals surface area contributed by atoms with Crippen LogP contribution in [0.5, 0.6) is 0 Å². The Morgan fingerprint density at radius 2 is 0.931 bits per heavy atom. The highest BCUT2D eigenvalue weighted by molar-refractivity contribution is 6.14.